The monoisotopic (exact) mass is 421 g/mol. The summed E-state index contributed by atoms with van der Waals surface area (Å²) in [6.07, 6.45) is 1.54. The Morgan fingerprint density at radius 1 is 1.07 bits per heavy atom. The average Bonchev–Trinajstić information content (AvgIpc) is 3.22. The number of nitrogens with zero attached hydrogens (tertiary/aromatic N) is 2. The Balaban J connectivity index is 1.40. The smallest absolute Gasteiger partial charge is 0.185 e. The highest BCUT2D eigenvalue weighted by atomic mass is 32.1. The summed E-state index contributed by atoms with van der Waals surface area (Å²) in [6.45, 7) is 0.605. The lowest BCUT2D eigenvalue weighted by Crippen LogP contribution is -2.38. The maximum absolute atomic E-state index is 5.36. The zero-order chi connectivity index (χ0) is 20.1. The van der Waals surface area contributed by atoms with Gasteiger partial charge in [-0.15, -0.1) is 11.3 Å². The van der Waals surface area contributed by atoms with Gasteiger partial charge < -0.3 is 10.1 Å². The van der Waals surface area contributed by atoms with E-state index < -0.39 is 0 Å². The molecule has 0 aliphatic carbocycles. The second kappa shape index (κ2) is 8.85. The maximum Gasteiger partial charge on any atom is 0.185 e. The molecule has 29 heavy (non-hydrogen) atoms. The molecule has 3 N–H and O–H groups in total. The van der Waals surface area contributed by atoms with E-state index in [1.54, 1.807) is 24.8 Å². The van der Waals surface area contributed by atoms with E-state index in [4.69, 9.17) is 17.0 Å². The molecule has 2 heterocycles. The second-order valence-corrected chi connectivity index (χ2v) is 7.65. The number of hydrazine groups is 1. The molecule has 0 aliphatic heterocycles. The number of anilines is 1. The number of nitrogens with one attached hydrogen (secondary N) is 3. The van der Waals surface area contributed by atoms with Crippen molar-refractivity contribution in [2.45, 2.75) is 6.54 Å². The summed E-state index contributed by atoms with van der Waals surface area (Å²) in [6, 6.07) is 20.1. The standard InChI is InChI=1S/C21H19N5OS2/c1-27-16-9-7-14(8-10-16)12-22-21(28)26-25-20-19-17(23-13-24-20)11-18(29-19)15-5-3-2-4-6-15/h2-11,13H,12H2,1H3,(H2,22,26,28)(H,23,24,25). The van der Waals surface area contributed by atoms with Crippen LogP contribution in [0.4, 0.5) is 5.82 Å². The van der Waals surface area contributed by atoms with Gasteiger partial charge in [0.1, 0.15) is 12.1 Å². The summed E-state index contributed by atoms with van der Waals surface area (Å²) in [5.41, 5.74) is 9.24. The highest BCUT2D eigenvalue weighted by Crippen LogP contribution is 2.35. The van der Waals surface area contributed by atoms with Gasteiger partial charge in [-0.05, 0) is 41.5 Å². The van der Waals surface area contributed by atoms with Crippen LogP contribution >= 0.6 is 23.6 Å². The van der Waals surface area contributed by atoms with Crippen LogP contribution in [0.2, 0.25) is 0 Å². The molecule has 0 atom stereocenters. The predicted molar refractivity (Wildman–Crippen MR) is 122 cm³/mol. The van der Waals surface area contributed by atoms with Crippen molar-refractivity contribution in [2.24, 2.45) is 0 Å². The summed E-state index contributed by atoms with van der Waals surface area (Å²) in [4.78, 5) is 9.87. The molecular weight excluding hydrogens is 402 g/mol. The topological polar surface area (TPSA) is 71.1 Å². The van der Waals surface area contributed by atoms with Gasteiger partial charge in [-0.25, -0.2) is 9.97 Å². The molecule has 0 saturated carbocycles. The molecule has 4 aromatic rings. The van der Waals surface area contributed by atoms with Crippen LogP contribution in [0.15, 0.2) is 67.0 Å². The molecule has 0 spiro atoms. The number of thiophene rings is 1. The molecule has 0 fully saturated rings. The van der Waals surface area contributed by atoms with Crippen LogP contribution in [-0.2, 0) is 6.54 Å². The van der Waals surface area contributed by atoms with E-state index >= 15 is 0 Å². The molecule has 0 amide bonds. The fourth-order valence-electron chi connectivity index (χ4n) is 2.77. The van der Waals surface area contributed by atoms with Crippen LogP contribution in [0.5, 0.6) is 5.75 Å². The van der Waals surface area contributed by atoms with Crippen LogP contribution in [-0.4, -0.2) is 22.2 Å². The molecule has 146 valence electrons. The summed E-state index contributed by atoms with van der Waals surface area (Å²) in [5.74, 6) is 1.52. The number of methoxy groups -OCH3 is 1. The number of fused-ring (bicyclic) bond motifs is 1. The third-order valence-electron chi connectivity index (χ3n) is 4.28. The molecule has 0 radical (unpaired) electrons. The quantitative estimate of drug-likeness (QED) is 0.316. The van der Waals surface area contributed by atoms with Crippen molar-refractivity contribution in [3.05, 3.63) is 72.6 Å². The summed E-state index contributed by atoms with van der Waals surface area (Å²) in [7, 11) is 1.65. The van der Waals surface area contributed by atoms with Gasteiger partial charge in [0.25, 0.3) is 0 Å². The SMILES string of the molecule is COc1ccc(CNC(=S)NNc2ncnc3cc(-c4ccccc4)sc23)cc1. The molecule has 4 rings (SSSR count). The number of aromatic nitrogens is 2. The lowest BCUT2D eigenvalue weighted by Gasteiger charge is -2.12. The first-order valence-corrected chi connectivity index (χ1v) is 10.2. The lowest BCUT2D eigenvalue weighted by atomic mass is 10.2. The molecule has 0 aliphatic rings. The van der Waals surface area contributed by atoms with Gasteiger partial charge in [-0.3, -0.25) is 10.9 Å². The Bertz CT molecular complexity index is 1110. The van der Waals surface area contributed by atoms with Gasteiger partial charge in [0, 0.05) is 11.4 Å². The summed E-state index contributed by atoms with van der Waals surface area (Å²) < 4.78 is 6.14. The molecule has 2 aromatic carbocycles. The Hall–Kier alpha value is -3.23. The average molecular weight is 422 g/mol. The number of hydrogen-bond donors (Lipinski definition) is 3. The van der Waals surface area contributed by atoms with Crippen molar-refractivity contribution in [1.82, 2.24) is 20.7 Å². The van der Waals surface area contributed by atoms with Crippen molar-refractivity contribution >= 4 is 44.7 Å². The first-order chi connectivity index (χ1) is 14.2. The van der Waals surface area contributed by atoms with E-state index in [2.05, 4.69) is 44.3 Å². The van der Waals surface area contributed by atoms with Crippen molar-refractivity contribution in [1.29, 1.82) is 0 Å². The number of rotatable bonds is 6. The van der Waals surface area contributed by atoms with Gasteiger partial charge in [0.2, 0.25) is 0 Å². The highest BCUT2D eigenvalue weighted by molar-refractivity contribution is 7.80. The fourth-order valence-corrected chi connectivity index (χ4v) is 3.96. The molecular formula is C21H19N5OS2. The zero-order valence-corrected chi connectivity index (χ0v) is 17.3. The Morgan fingerprint density at radius 2 is 1.86 bits per heavy atom. The van der Waals surface area contributed by atoms with Crippen LogP contribution in [0.1, 0.15) is 5.56 Å². The minimum atomic E-state index is 0.479. The third kappa shape index (κ3) is 4.61. The van der Waals surface area contributed by atoms with Crippen molar-refractivity contribution < 1.29 is 4.74 Å². The largest absolute Gasteiger partial charge is 0.497 e. The van der Waals surface area contributed by atoms with Gasteiger partial charge in [-0.2, -0.15) is 0 Å². The van der Waals surface area contributed by atoms with Crippen molar-refractivity contribution in [2.75, 3.05) is 12.5 Å². The van der Waals surface area contributed by atoms with E-state index in [1.807, 2.05) is 42.5 Å². The number of ether oxygens (including phenoxy) is 1. The normalized spacial score (nSPS) is 10.5. The van der Waals surface area contributed by atoms with Gasteiger partial charge in [-0.1, -0.05) is 42.5 Å². The lowest BCUT2D eigenvalue weighted by molar-refractivity contribution is 0.414. The molecule has 6 nitrogen and oxygen atoms in total. The van der Waals surface area contributed by atoms with Crippen LogP contribution in [0.25, 0.3) is 20.7 Å². The van der Waals surface area contributed by atoms with Crippen LogP contribution < -0.4 is 20.9 Å². The van der Waals surface area contributed by atoms with Gasteiger partial charge in [0.05, 0.1) is 17.3 Å². The third-order valence-corrected chi connectivity index (χ3v) is 5.70. The Labute approximate surface area is 177 Å². The van der Waals surface area contributed by atoms with Gasteiger partial charge >= 0.3 is 0 Å². The Kier molecular flexibility index (Phi) is 5.83. The molecule has 0 bridgehead atoms. The minimum absolute atomic E-state index is 0.479. The molecule has 2 aromatic heterocycles. The predicted octanol–water partition coefficient (Wildman–Crippen LogP) is 4.36. The minimum Gasteiger partial charge on any atom is -0.497 e. The van der Waals surface area contributed by atoms with Crippen LogP contribution in [0.3, 0.4) is 0 Å². The fraction of sp³-hybridized carbons (Fsp3) is 0.0952. The molecule has 0 unspecified atom stereocenters. The summed E-state index contributed by atoms with van der Waals surface area (Å²) >= 11 is 7.00. The molecule has 8 heteroatoms. The number of thiocarbonyl (C=S) groups is 1. The zero-order valence-electron chi connectivity index (χ0n) is 15.7. The number of hydrogen-bond acceptors (Lipinski definition) is 6. The van der Waals surface area contributed by atoms with E-state index in [1.165, 1.54) is 0 Å². The highest BCUT2D eigenvalue weighted by Gasteiger charge is 2.10. The van der Waals surface area contributed by atoms with E-state index in [0.29, 0.717) is 17.5 Å². The van der Waals surface area contributed by atoms with Crippen LogP contribution in [0, 0.1) is 0 Å². The van der Waals surface area contributed by atoms with E-state index in [9.17, 15) is 0 Å². The van der Waals surface area contributed by atoms with E-state index in [-0.39, 0.29) is 0 Å². The second-order valence-electron chi connectivity index (χ2n) is 6.19. The first-order valence-electron chi connectivity index (χ1n) is 8.95. The first kappa shape index (κ1) is 19.1. The van der Waals surface area contributed by atoms with E-state index in [0.717, 1.165) is 32.0 Å². The maximum atomic E-state index is 5.36. The number of benzene rings is 2. The van der Waals surface area contributed by atoms with Crippen molar-refractivity contribution in [3.63, 3.8) is 0 Å². The summed E-state index contributed by atoms with van der Waals surface area (Å²) in [5, 5.41) is 3.64. The Morgan fingerprint density at radius 3 is 2.62 bits per heavy atom. The van der Waals surface area contributed by atoms with Crippen molar-refractivity contribution in [3.8, 4) is 16.2 Å². The molecule has 0 saturated heterocycles. The van der Waals surface area contributed by atoms with Gasteiger partial charge in [0.15, 0.2) is 10.9 Å².